The molecule has 2 heteroatoms. The Hall–Kier alpha value is -1.33. The van der Waals surface area contributed by atoms with Crippen LogP contribution in [-0.4, -0.2) is 12.6 Å². The highest BCUT2D eigenvalue weighted by molar-refractivity contribution is 5.40. The third-order valence-corrected chi connectivity index (χ3v) is 3.14. The lowest BCUT2D eigenvalue weighted by Crippen LogP contribution is -2.34. The lowest BCUT2D eigenvalue weighted by atomic mass is 9.77. The van der Waals surface area contributed by atoms with Gasteiger partial charge in [-0.1, -0.05) is 31.2 Å². The maximum Gasteiger partial charge on any atom is 0.0950 e. The van der Waals surface area contributed by atoms with Crippen LogP contribution >= 0.6 is 0 Å². The lowest BCUT2D eigenvalue weighted by Gasteiger charge is -2.30. The average Bonchev–Trinajstić information content (AvgIpc) is 2.25. The van der Waals surface area contributed by atoms with Crippen molar-refractivity contribution in [2.75, 3.05) is 6.54 Å². The first-order chi connectivity index (χ1) is 7.35. The van der Waals surface area contributed by atoms with Crippen LogP contribution in [0.25, 0.3) is 0 Å². The van der Waals surface area contributed by atoms with Crippen molar-refractivity contribution in [2.24, 2.45) is 0 Å². The standard InChI is InChI=1S/C13H16N2/c1-2-12(8-14)15-9-11-7-10-5-3-4-6-13(10)11/h3-6,11-12,15H,2,7,9H2,1H3. The van der Waals surface area contributed by atoms with E-state index in [1.54, 1.807) is 0 Å². The van der Waals surface area contributed by atoms with Crippen molar-refractivity contribution in [2.45, 2.75) is 31.7 Å². The predicted octanol–water partition coefficient (Wildman–Crippen LogP) is 2.22. The van der Waals surface area contributed by atoms with Crippen LogP contribution in [0.2, 0.25) is 0 Å². The number of hydrogen-bond donors (Lipinski definition) is 1. The highest BCUT2D eigenvalue weighted by Gasteiger charge is 2.25. The van der Waals surface area contributed by atoms with Crippen LogP contribution in [0, 0.1) is 11.3 Å². The molecule has 15 heavy (non-hydrogen) atoms. The first kappa shape index (κ1) is 10.2. The minimum atomic E-state index is 0.0118. The summed E-state index contributed by atoms with van der Waals surface area (Å²) in [5, 5.41) is 12.1. The van der Waals surface area contributed by atoms with E-state index in [0.29, 0.717) is 5.92 Å². The van der Waals surface area contributed by atoms with E-state index in [0.717, 1.165) is 19.4 Å². The van der Waals surface area contributed by atoms with Gasteiger partial charge in [0.25, 0.3) is 0 Å². The molecule has 0 heterocycles. The Bertz CT molecular complexity index is 378. The summed E-state index contributed by atoms with van der Waals surface area (Å²) in [6.45, 7) is 2.97. The molecule has 2 atom stereocenters. The van der Waals surface area contributed by atoms with Crippen LogP contribution in [0.5, 0.6) is 0 Å². The first-order valence-electron chi connectivity index (χ1n) is 5.56. The number of nitrogens with zero attached hydrogens (tertiary/aromatic N) is 1. The number of fused-ring (bicyclic) bond motifs is 1. The van der Waals surface area contributed by atoms with Crippen molar-refractivity contribution in [1.29, 1.82) is 5.26 Å². The highest BCUT2D eigenvalue weighted by Crippen LogP contribution is 2.34. The van der Waals surface area contributed by atoms with Crippen molar-refractivity contribution in [3.8, 4) is 6.07 Å². The van der Waals surface area contributed by atoms with Gasteiger partial charge in [-0.2, -0.15) is 5.26 Å². The van der Waals surface area contributed by atoms with Gasteiger partial charge in [0.15, 0.2) is 0 Å². The maximum atomic E-state index is 8.81. The van der Waals surface area contributed by atoms with E-state index in [1.807, 2.05) is 6.92 Å². The maximum absolute atomic E-state index is 8.81. The van der Waals surface area contributed by atoms with Crippen molar-refractivity contribution >= 4 is 0 Å². The molecule has 78 valence electrons. The van der Waals surface area contributed by atoms with Gasteiger partial charge in [-0.3, -0.25) is 0 Å². The van der Waals surface area contributed by atoms with Gasteiger partial charge in [-0.15, -0.1) is 0 Å². The molecular formula is C13H16N2. The second-order valence-corrected chi connectivity index (χ2v) is 4.10. The molecule has 1 aliphatic rings. The van der Waals surface area contributed by atoms with Crippen LogP contribution in [-0.2, 0) is 6.42 Å². The van der Waals surface area contributed by atoms with Gasteiger partial charge >= 0.3 is 0 Å². The topological polar surface area (TPSA) is 35.8 Å². The molecule has 0 amide bonds. The molecule has 0 spiro atoms. The van der Waals surface area contributed by atoms with Gasteiger partial charge in [-0.05, 0) is 24.0 Å². The van der Waals surface area contributed by atoms with E-state index in [2.05, 4.69) is 35.7 Å². The quantitative estimate of drug-likeness (QED) is 0.809. The highest BCUT2D eigenvalue weighted by atomic mass is 14.9. The number of nitriles is 1. The molecule has 0 fully saturated rings. The number of rotatable bonds is 4. The van der Waals surface area contributed by atoms with Crippen LogP contribution in [0.4, 0.5) is 0 Å². The zero-order valence-electron chi connectivity index (χ0n) is 9.03. The van der Waals surface area contributed by atoms with E-state index in [4.69, 9.17) is 5.26 Å². The fourth-order valence-corrected chi connectivity index (χ4v) is 2.11. The van der Waals surface area contributed by atoms with Gasteiger partial charge in [0.1, 0.15) is 0 Å². The molecule has 2 rings (SSSR count). The molecule has 0 radical (unpaired) electrons. The van der Waals surface area contributed by atoms with E-state index in [-0.39, 0.29) is 6.04 Å². The molecule has 0 bridgehead atoms. The van der Waals surface area contributed by atoms with Crippen LogP contribution in [0.15, 0.2) is 24.3 Å². The van der Waals surface area contributed by atoms with Gasteiger partial charge < -0.3 is 5.32 Å². The molecule has 1 N–H and O–H groups in total. The molecular weight excluding hydrogens is 184 g/mol. The zero-order chi connectivity index (χ0) is 10.7. The van der Waals surface area contributed by atoms with Crippen molar-refractivity contribution in [1.82, 2.24) is 5.32 Å². The predicted molar refractivity (Wildman–Crippen MR) is 60.6 cm³/mol. The van der Waals surface area contributed by atoms with Crippen molar-refractivity contribution < 1.29 is 0 Å². The Morgan fingerprint density at radius 1 is 1.53 bits per heavy atom. The Labute approximate surface area is 90.9 Å². The molecule has 1 aliphatic carbocycles. The number of benzene rings is 1. The van der Waals surface area contributed by atoms with E-state index < -0.39 is 0 Å². The lowest BCUT2D eigenvalue weighted by molar-refractivity contribution is 0.499. The molecule has 0 saturated carbocycles. The van der Waals surface area contributed by atoms with Gasteiger partial charge in [-0.25, -0.2) is 0 Å². The fraction of sp³-hybridized carbons (Fsp3) is 0.462. The third-order valence-electron chi connectivity index (χ3n) is 3.14. The molecule has 1 aromatic rings. The summed E-state index contributed by atoms with van der Waals surface area (Å²) >= 11 is 0. The summed E-state index contributed by atoms with van der Waals surface area (Å²) in [7, 11) is 0. The summed E-state index contributed by atoms with van der Waals surface area (Å²) in [5.41, 5.74) is 2.92. The van der Waals surface area contributed by atoms with Gasteiger partial charge in [0.05, 0.1) is 12.1 Å². The zero-order valence-corrected chi connectivity index (χ0v) is 9.03. The summed E-state index contributed by atoms with van der Waals surface area (Å²) in [5.74, 6) is 0.614. The third kappa shape index (κ3) is 2.03. The molecule has 2 unspecified atom stereocenters. The number of nitrogens with one attached hydrogen (secondary N) is 1. The summed E-state index contributed by atoms with van der Waals surface area (Å²) in [4.78, 5) is 0. The van der Waals surface area contributed by atoms with Gasteiger partial charge in [0.2, 0.25) is 0 Å². The molecule has 0 aromatic heterocycles. The Morgan fingerprint density at radius 3 is 3.00 bits per heavy atom. The Kier molecular flexibility index (Phi) is 3.03. The number of hydrogen-bond acceptors (Lipinski definition) is 2. The van der Waals surface area contributed by atoms with Crippen molar-refractivity contribution in [3.05, 3.63) is 35.4 Å². The summed E-state index contributed by atoms with van der Waals surface area (Å²) < 4.78 is 0. The first-order valence-corrected chi connectivity index (χ1v) is 5.56. The largest absolute Gasteiger partial charge is 0.301 e. The molecule has 0 saturated heterocycles. The SMILES string of the molecule is CCC(C#N)NCC1Cc2ccccc21. The van der Waals surface area contributed by atoms with Crippen LogP contribution < -0.4 is 5.32 Å². The second kappa shape index (κ2) is 4.46. The summed E-state index contributed by atoms with van der Waals surface area (Å²) in [6.07, 6.45) is 2.04. The Morgan fingerprint density at radius 2 is 2.33 bits per heavy atom. The molecule has 1 aromatic carbocycles. The Balaban J connectivity index is 1.88. The minimum Gasteiger partial charge on any atom is -0.301 e. The second-order valence-electron chi connectivity index (χ2n) is 4.10. The van der Waals surface area contributed by atoms with E-state index in [9.17, 15) is 0 Å². The van der Waals surface area contributed by atoms with Crippen molar-refractivity contribution in [3.63, 3.8) is 0 Å². The van der Waals surface area contributed by atoms with Crippen LogP contribution in [0.3, 0.4) is 0 Å². The van der Waals surface area contributed by atoms with Gasteiger partial charge in [0, 0.05) is 12.5 Å². The van der Waals surface area contributed by atoms with Crippen LogP contribution in [0.1, 0.15) is 30.4 Å². The normalized spacial score (nSPS) is 19.9. The van der Waals surface area contributed by atoms with E-state index >= 15 is 0 Å². The molecule has 2 nitrogen and oxygen atoms in total. The smallest absolute Gasteiger partial charge is 0.0950 e. The monoisotopic (exact) mass is 200 g/mol. The fourth-order valence-electron chi connectivity index (χ4n) is 2.11. The average molecular weight is 200 g/mol. The summed E-state index contributed by atoms with van der Waals surface area (Å²) in [6, 6.07) is 10.8. The minimum absolute atomic E-state index is 0.0118. The molecule has 0 aliphatic heterocycles. The van der Waals surface area contributed by atoms with E-state index in [1.165, 1.54) is 11.1 Å².